The van der Waals surface area contributed by atoms with Gasteiger partial charge in [-0.25, -0.2) is 4.39 Å². The molecule has 2 rings (SSSR count). The van der Waals surface area contributed by atoms with Crippen molar-refractivity contribution in [3.8, 4) is 0 Å². The first-order valence-electron chi connectivity index (χ1n) is 6.22. The first-order chi connectivity index (χ1) is 9.85. The lowest BCUT2D eigenvalue weighted by atomic mass is 10.1. The summed E-state index contributed by atoms with van der Waals surface area (Å²) in [5.74, 6) is -0.348. The summed E-state index contributed by atoms with van der Waals surface area (Å²) in [6.07, 6.45) is 0. The van der Waals surface area contributed by atoms with E-state index in [-0.39, 0.29) is 28.5 Å². The molecule has 0 spiro atoms. The van der Waals surface area contributed by atoms with Crippen molar-refractivity contribution in [2.24, 2.45) is 0 Å². The molecule has 1 N–H and O–H groups in total. The molecule has 21 heavy (non-hydrogen) atoms. The number of hydrogen-bond donors (Lipinski definition) is 1. The predicted molar refractivity (Wildman–Crippen MR) is 76.8 cm³/mol. The highest BCUT2D eigenvalue weighted by Crippen LogP contribution is 2.41. The van der Waals surface area contributed by atoms with Crippen LogP contribution in [-0.2, 0) is 0 Å². The van der Waals surface area contributed by atoms with Crippen LogP contribution in [0.15, 0.2) is 53.4 Å². The molecule has 0 saturated heterocycles. The van der Waals surface area contributed by atoms with E-state index in [9.17, 15) is 17.6 Å². The summed E-state index contributed by atoms with van der Waals surface area (Å²) in [7, 11) is 0. The number of nitrogens with one attached hydrogen (secondary N) is 1. The molecule has 0 aliphatic heterocycles. The van der Waals surface area contributed by atoms with Gasteiger partial charge in [0.15, 0.2) is 0 Å². The first kappa shape index (κ1) is 15.7. The fourth-order valence-electron chi connectivity index (χ4n) is 1.87. The molecule has 0 radical (unpaired) electrons. The van der Waals surface area contributed by atoms with Crippen LogP contribution in [0.25, 0.3) is 0 Å². The maximum absolute atomic E-state index is 12.9. The van der Waals surface area contributed by atoms with Crippen molar-refractivity contribution in [3.63, 3.8) is 0 Å². The standard InChI is InChI=1S/C15H13F4NS/c1-10(11-6-8-12(16)9-7-11)20-13-4-2-3-5-14(13)21-15(17,18)19/h2-10,20H,1H3. The number of benzene rings is 2. The van der Waals surface area contributed by atoms with Crippen molar-refractivity contribution in [1.29, 1.82) is 0 Å². The Hall–Kier alpha value is -1.69. The lowest BCUT2D eigenvalue weighted by Crippen LogP contribution is -2.08. The van der Waals surface area contributed by atoms with Crippen molar-refractivity contribution in [2.45, 2.75) is 23.4 Å². The monoisotopic (exact) mass is 315 g/mol. The number of anilines is 1. The van der Waals surface area contributed by atoms with Gasteiger partial charge in [-0.2, -0.15) is 13.2 Å². The zero-order valence-electron chi connectivity index (χ0n) is 11.1. The second kappa shape index (κ2) is 6.39. The molecule has 1 atom stereocenters. The van der Waals surface area contributed by atoms with E-state index in [4.69, 9.17) is 0 Å². The summed E-state index contributed by atoms with van der Waals surface area (Å²) >= 11 is -0.156. The summed E-state index contributed by atoms with van der Waals surface area (Å²) in [6.45, 7) is 1.81. The van der Waals surface area contributed by atoms with Gasteiger partial charge < -0.3 is 5.32 Å². The third-order valence-electron chi connectivity index (χ3n) is 2.85. The van der Waals surface area contributed by atoms with Crippen LogP contribution in [0.4, 0.5) is 23.2 Å². The van der Waals surface area contributed by atoms with E-state index in [0.717, 1.165) is 5.56 Å². The number of rotatable bonds is 4. The Labute approximate surface area is 124 Å². The normalized spacial score (nSPS) is 13.0. The van der Waals surface area contributed by atoms with Crippen LogP contribution >= 0.6 is 11.8 Å². The second-order valence-corrected chi connectivity index (χ2v) is 5.57. The first-order valence-corrected chi connectivity index (χ1v) is 7.03. The zero-order valence-corrected chi connectivity index (χ0v) is 11.9. The minimum atomic E-state index is -4.34. The summed E-state index contributed by atoms with van der Waals surface area (Å²) in [4.78, 5) is 0.110. The molecular formula is C15H13F4NS. The summed E-state index contributed by atoms with van der Waals surface area (Å²) in [5.41, 5.74) is -3.14. The lowest BCUT2D eigenvalue weighted by molar-refractivity contribution is -0.0327. The zero-order chi connectivity index (χ0) is 15.5. The van der Waals surface area contributed by atoms with Crippen molar-refractivity contribution >= 4 is 17.4 Å². The lowest BCUT2D eigenvalue weighted by Gasteiger charge is -2.18. The Bertz CT molecular complexity index is 595. The highest BCUT2D eigenvalue weighted by Gasteiger charge is 2.30. The molecular weight excluding hydrogens is 302 g/mol. The second-order valence-electron chi connectivity index (χ2n) is 4.46. The topological polar surface area (TPSA) is 12.0 Å². The molecule has 112 valence electrons. The molecule has 0 heterocycles. The van der Waals surface area contributed by atoms with Gasteiger partial charge in [0.1, 0.15) is 5.82 Å². The van der Waals surface area contributed by atoms with Crippen molar-refractivity contribution in [1.82, 2.24) is 0 Å². The largest absolute Gasteiger partial charge is 0.446 e. The number of thioether (sulfide) groups is 1. The molecule has 1 nitrogen and oxygen atoms in total. The van der Waals surface area contributed by atoms with Gasteiger partial charge in [0.2, 0.25) is 0 Å². The Balaban J connectivity index is 2.17. The minimum Gasteiger partial charge on any atom is -0.378 e. The molecule has 0 saturated carbocycles. The van der Waals surface area contributed by atoms with Gasteiger partial charge in [0.25, 0.3) is 0 Å². The van der Waals surface area contributed by atoms with Crippen LogP contribution in [0, 0.1) is 5.82 Å². The van der Waals surface area contributed by atoms with E-state index in [2.05, 4.69) is 5.32 Å². The number of hydrogen-bond acceptors (Lipinski definition) is 2. The molecule has 1 unspecified atom stereocenters. The smallest absolute Gasteiger partial charge is 0.378 e. The Morgan fingerprint density at radius 2 is 1.62 bits per heavy atom. The number of para-hydroxylation sites is 1. The van der Waals surface area contributed by atoms with Crippen LogP contribution in [-0.4, -0.2) is 5.51 Å². The summed E-state index contributed by atoms with van der Waals surface area (Å²) in [5, 5.41) is 3.03. The van der Waals surface area contributed by atoms with Gasteiger partial charge in [0, 0.05) is 16.6 Å². The molecule has 0 aromatic heterocycles. The molecule has 0 aliphatic carbocycles. The Morgan fingerprint density at radius 3 is 2.24 bits per heavy atom. The SMILES string of the molecule is CC(Nc1ccccc1SC(F)(F)F)c1ccc(F)cc1. The molecule has 2 aromatic carbocycles. The van der Waals surface area contributed by atoms with Gasteiger partial charge in [-0.05, 0) is 48.5 Å². The molecule has 2 aromatic rings. The molecule has 0 fully saturated rings. The Morgan fingerprint density at radius 1 is 1.00 bits per heavy atom. The summed E-state index contributed by atoms with van der Waals surface area (Å²) in [6, 6.07) is 11.8. The molecule has 6 heteroatoms. The van der Waals surface area contributed by atoms with E-state index in [1.165, 1.54) is 18.2 Å². The van der Waals surface area contributed by atoms with E-state index in [1.54, 1.807) is 30.3 Å². The average molecular weight is 315 g/mol. The number of halogens is 4. The molecule has 0 amide bonds. The molecule has 0 aliphatic rings. The van der Waals surface area contributed by atoms with Gasteiger partial charge >= 0.3 is 5.51 Å². The van der Waals surface area contributed by atoms with E-state index >= 15 is 0 Å². The van der Waals surface area contributed by atoms with Gasteiger partial charge in [-0.1, -0.05) is 24.3 Å². The maximum Gasteiger partial charge on any atom is 0.446 e. The van der Waals surface area contributed by atoms with E-state index < -0.39 is 5.51 Å². The van der Waals surface area contributed by atoms with Gasteiger partial charge in [-0.15, -0.1) is 0 Å². The fraction of sp³-hybridized carbons (Fsp3) is 0.200. The Kier molecular flexibility index (Phi) is 4.77. The average Bonchev–Trinajstić information content (AvgIpc) is 2.40. The van der Waals surface area contributed by atoms with Crippen LogP contribution < -0.4 is 5.32 Å². The van der Waals surface area contributed by atoms with Crippen LogP contribution in [0.3, 0.4) is 0 Å². The van der Waals surface area contributed by atoms with Gasteiger partial charge in [-0.3, -0.25) is 0 Å². The third kappa shape index (κ3) is 4.67. The van der Waals surface area contributed by atoms with E-state index in [1.807, 2.05) is 6.92 Å². The van der Waals surface area contributed by atoms with Crippen LogP contribution in [0.5, 0.6) is 0 Å². The van der Waals surface area contributed by atoms with Crippen molar-refractivity contribution < 1.29 is 17.6 Å². The van der Waals surface area contributed by atoms with Crippen molar-refractivity contribution in [2.75, 3.05) is 5.32 Å². The number of alkyl halides is 3. The van der Waals surface area contributed by atoms with Gasteiger partial charge in [0.05, 0.1) is 0 Å². The minimum absolute atomic E-state index is 0.110. The maximum atomic E-state index is 12.9. The quantitative estimate of drug-likeness (QED) is 0.581. The highest BCUT2D eigenvalue weighted by atomic mass is 32.2. The predicted octanol–water partition coefficient (Wildman–Crippen LogP) is 5.61. The van der Waals surface area contributed by atoms with Crippen LogP contribution in [0.2, 0.25) is 0 Å². The van der Waals surface area contributed by atoms with Crippen molar-refractivity contribution in [3.05, 3.63) is 59.9 Å². The fourth-order valence-corrected chi connectivity index (χ4v) is 2.50. The summed E-state index contributed by atoms with van der Waals surface area (Å²) < 4.78 is 50.4. The molecule has 0 bridgehead atoms. The van der Waals surface area contributed by atoms with Crippen LogP contribution in [0.1, 0.15) is 18.5 Å². The van der Waals surface area contributed by atoms with E-state index in [0.29, 0.717) is 5.69 Å². The highest BCUT2D eigenvalue weighted by molar-refractivity contribution is 8.00. The third-order valence-corrected chi connectivity index (χ3v) is 3.66.